The molecule has 4 nitrogen and oxygen atoms in total. The topological polar surface area (TPSA) is 75.6 Å². The molecule has 0 aliphatic carbocycles. The molecule has 0 saturated carbocycles. The highest BCUT2D eigenvalue weighted by atomic mass is 15.0. The van der Waals surface area contributed by atoms with Gasteiger partial charge in [0.15, 0.2) is 0 Å². The molecule has 90 valence electrons. The van der Waals surface area contributed by atoms with Gasteiger partial charge in [0.05, 0.1) is 5.69 Å². The van der Waals surface area contributed by atoms with E-state index in [1.165, 1.54) is 0 Å². The molecule has 2 N–H and O–H groups in total. The predicted molar refractivity (Wildman–Crippen MR) is 70.6 cm³/mol. The van der Waals surface area contributed by atoms with Gasteiger partial charge in [0.25, 0.3) is 0 Å². The first-order valence-electron chi connectivity index (χ1n) is 5.88. The van der Waals surface area contributed by atoms with Gasteiger partial charge in [-0.05, 0) is 6.42 Å². The summed E-state index contributed by atoms with van der Waals surface area (Å²) in [5.74, 6) is 0.947. The molecule has 2 aromatic rings. The van der Waals surface area contributed by atoms with Crippen molar-refractivity contribution in [3.8, 4) is 17.3 Å². The van der Waals surface area contributed by atoms with Crippen molar-refractivity contribution in [2.24, 2.45) is 0 Å². The molecule has 0 aliphatic heterocycles. The first kappa shape index (κ1) is 12.1. The highest BCUT2D eigenvalue weighted by molar-refractivity contribution is 5.71. The number of rotatable bonds is 3. The van der Waals surface area contributed by atoms with Crippen LogP contribution in [0.5, 0.6) is 0 Å². The standard InChI is InChI=1S/C14H14N4/c1-2-6-12-17-13(10-7-4-3-5-8-10)11(9-15)14(16)18-12/h3-5,7-8H,2,6H2,1H3,(H2,16,17,18). The van der Waals surface area contributed by atoms with E-state index in [0.29, 0.717) is 17.1 Å². The van der Waals surface area contributed by atoms with Crippen LogP contribution in [0.2, 0.25) is 0 Å². The van der Waals surface area contributed by atoms with Crippen LogP contribution in [0.3, 0.4) is 0 Å². The van der Waals surface area contributed by atoms with Crippen LogP contribution < -0.4 is 5.73 Å². The third kappa shape index (κ3) is 2.30. The summed E-state index contributed by atoms with van der Waals surface area (Å²) in [6.07, 6.45) is 1.70. The molecule has 0 aliphatic rings. The second-order valence-electron chi connectivity index (χ2n) is 3.98. The van der Waals surface area contributed by atoms with Gasteiger partial charge in [0.1, 0.15) is 23.3 Å². The average molecular weight is 238 g/mol. The Balaban J connectivity index is 2.61. The fourth-order valence-electron chi connectivity index (χ4n) is 1.78. The minimum atomic E-state index is 0.259. The van der Waals surface area contributed by atoms with Crippen LogP contribution >= 0.6 is 0 Å². The number of aryl methyl sites for hydroxylation is 1. The first-order valence-corrected chi connectivity index (χ1v) is 5.88. The molecule has 1 aromatic carbocycles. The lowest BCUT2D eigenvalue weighted by Gasteiger charge is -2.08. The average Bonchev–Trinajstić information content (AvgIpc) is 2.39. The van der Waals surface area contributed by atoms with Crippen LogP contribution in [-0.2, 0) is 6.42 Å². The number of hydrogen-bond acceptors (Lipinski definition) is 4. The predicted octanol–water partition coefficient (Wildman–Crippen LogP) is 2.55. The molecule has 0 amide bonds. The summed E-state index contributed by atoms with van der Waals surface area (Å²) in [4.78, 5) is 8.61. The molecule has 0 saturated heterocycles. The van der Waals surface area contributed by atoms with Crippen LogP contribution in [0, 0.1) is 11.3 Å². The summed E-state index contributed by atoms with van der Waals surface area (Å²) < 4.78 is 0. The van der Waals surface area contributed by atoms with E-state index in [0.717, 1.165) is 18.4 Å². The van der Waals surface area contributed by atoms with Crippen LogP contribution in [0.1, 0.15) is 24.7 Å². The molecule has 2 rings (SSSR count). The number of anilines is 1. The van der Waals surface area contributed by atoms with Gasteiger partial charge in [-0.3, -0.25) is 0 Å². The fourth-order valence-corrected chi connectivity index (χ4v) is 1.78. The molecule has 0 bridgehead atoms. The second kappa shape index (κ2) is 5.28. The maximum absolute atomic E-state index is 9.17. The van der Waals surface area contributed by atoms with Gasteiger partial charge in [-0.1, -0.05) is 37.3 Å². The molecule has 0 spiro atoms. The Morgan fingerprint density at radius 2 is 1.94 bits per heavy atom. The van der Waals surface area contributed by atoms with Gasteiger partial charge in [-0.25, -0.2) is 9.97 Å². The smallest absolute Gasteiger partial charge is 0.145 e. The Kier molecular flexibility index (Phi) is 3.54. The maximum atomic E-state index is 9.17. The van der Waals surface area contributed by atoms with Crippen LogP contribution in [0.25, 0.3) is 11.3 Å². The van der Waals surface area contributed by atoms with Crippen molar-refractivity contribution >= 4 is 5.82 Å². The van der Waals surface area contributed by atoms with Crippen molar-refractivity contribution < 1.29 is 0 Å². The number of aromatic nitrogens is 2. The highest BCUT2D eigenvalue weighted by Gasteiger charge is 2.13. The van der Waals surface area contributed by atoms with E-state index in [9.17, 15) is 5.26 Å². The summed E-state index contributed by atoms with van der Waals surface area (Å²) in [5.41, 5.74) is 7.68. The molecule has 0 fully saturated rings. The van der Waals surface area contributed by atoms with Gasteiger partial charge < -0.3 is 5.73 Å². The zero-order valence-electron chi connectivity index (χ0n) is 10.2. The number of nitrogen functional groups attached to an aromatic ring is 1. The largest absolute Gasteiger partial charge is 0.382 e. The lowest BCUT2D eigenvalue weighted by atomic mass is 10.1. The zero-order chi connectivity index (χ0) is 13.0. The molecule has 4 heteroatoms. The van der Waals surface area contributed by atoms with Crippen molar-refractivity contribution in [3.05, 3.63) is 41.7 Å². The number of nitrogens with two attached hydrogens (primary N) is 1. The van der Waals surface area contributed by atoms with E-state index in [1.54, 1.807) is 0 Å². The minimum absolute atomic E-state index is 0.259. The van der Waals surface area contributed by atoms with Crippen LogP contribution in [-0.4, -0.2) is 9.97 Å². The van der Waals surface area contributed by atoms with E-state index in [4.69, 9.17) is 5.73 Å². The molecular formula is C14H14N4. The first-order chi connectivity index (χ1) is 8.76. The lowest BCUT2D eigenvalue weighted by Crippen LogP contribution is -2.05. The molecule has 18 heavy (non-hydrogen) atoms. The van der Waals surface area contributed by atoms with Crippen molar-refractivity contribution in [1.29, 1.82) is 5.26 Å². The van der Waals surface area contributed by atoms with E-state index >= 15 is 0 Å². The maximum Gasteiger partial charge on any atom is 0.145 e. The van der Waals surface area contributed by atoms with Gasteiger partial charge >= 0.3 is 0 Å². The summed E-state index contributed by atoms with van der Waals surface area (Å²) in [6.45, 7) is 2.06. The summed E-state index contributed by atoms with van der Waals surface area (Å²) >= 11 is 0. The number of benzene rings is 1. The zero-order valence-corrected chi connectivity index (χ0v) is 10.2. The molecule has 1 aromatic heterocycles. The second-order valence-corrected chi connectivity index (χ2v) is 3.98. The Morgan fingerprint density at radius 3 is 2.56 bits per heavy atom. The molecular weight excluding hydrogens is 224 g/mol. The Morgan fingerprint density at radius 1 is 1.22 bits per heavy atom. The highest BCUT2D eigenvalue weighted by Crippen LogP contribution is 2.24. The Labute approximate surface area is 106 Å². The Hall–Kier alpha value is -2.41. The lowest BCUT2D eigenvalue weighted by molar-refractivity contribution is 0.838. The quantitative estimate of drug-likeness (QED) is 0.891. The SMILES string of the molecule is CCCc1nc(N)c(C#N)c(-c2ccccc2)n1. The molecule has 0 radical (unpaired) electrons. The third-order valence-corrected chi connectivity index (χ3v) is 2.62. The van der Waals surface area contributed by atoms with Crippen LogP contribution in [0.15, 0.2) is 30.3 Å². The van der Waals surface area contributed by atoms with Crippen molar-refractivity contribution in [1.82, 2.24) is 9.97 Å². The summed E-state index contributed by atoms with van der Waals surface area (Å²) in [5, 5.41) is 9.17. The van der Waals surface area contributed by atoms with Crippen molar-refractivity contribution in [3.63, 3.8) is 0 Å². The van der Waals surface area contributed by atoms with E-state index in [1.807, 2.05) is 30.3 Å². The summed E-state index contributed by atoms with van der Waals surface area (Å²) in [7, 11) is 0. The fraction of sp³-hybridized carbons (Fsp3) is 0.214. The van der Waals surface area contributed by atoms with Crippen molar-refractivity contribution in [2.45, 2.75) is 19.8 Å². The normalized spacial score (nSPS) is 10.0. The molecule has 0 atom stereocenters. The van der Waals surface area contributed by atoms with Crippen LogP contribution in [0.4, 0.5) is 5.82 Å². The Bertz CT molecular complexity index is 585. The minimum Gasteiger partial charge on any atom is -0.382 e. The van der Waals surface area contributed by atoms with Crippen molar-refractivity contribution in [2.75, 3.05) is 5.73 Å². The van der Waals surface area contributed by atoms with E-state index < -0.39 is 0 Å². The van der Waals surface area contributed by atoms with E-state index in [-0.39, 0.29) is 5.82 Å². The number of hydrogen-bond donors (Lipinski definition) is 1. The van der Waals surface area contributed by atoms with Gasteiger partial charge in [-0.15, -0.1) is 0 Å². The monoisotopic (exact) mass is 238 g/mol. The number of nitriles is 1. The molecule has 1 heterocycles. The molecule has 0 unspecified atom stereocenters. The van der Waals surface area contributed by atoms with Gasteiger partial charge in [0.2, 0.25) is 0 Å². The number of nitrogens with zero attached hydrogens (tertiary/aromatic N) is 3. The third-order valence-electron chi connectivity index (χ3n) is 2.62. The van der Waals surface area contributed by atoms with Gasteiger partial charge in [0, 0.05) is 12.0 Å². The van der Waals surface area contributed by atoms with E-state index in [2.05, 4.69) is 23.0 Å². The summed E-state index contributed by atoms with van der Waals surface area (Å²) in [6, 6.07) is 11.7. The van der Waals surface area contributed by atoms with Gasteiger partial charge in [-0.2, -0.15) is 5.26 Å².